The van der Waals surface area contributed by atoms with Gasteiger partial charge in [-0.15, -0.1) is 18.3 Å². The Hall–Kier alpha value is -2.36. The fourth-order valence-corrected chi connectivity index (χ4v) is 1.69. The monoisotopic (exact) mass is 304 g/mol. The molecule has 0 saturated carbocycles. The maximum Gasteiger partial charge on any atom is 0.573 e. The number of hydrogen-bond donors (Lipinski definition) is 2. The van der Waals surface area contributed by atoms with Gasteiger partial charge in [0.05, 0.1) is 11.9 Å². The second-order valence-corrected chi connectivity index (χ2v) is 4.19. The molecule has 0 spiro atoms. The number of rotatable bonds is 3. The lowest BCUT2D eigenvalue weighted by molar-refractivity contribution is -0.274. The van der Waals surface area contributed by atoms with Crippen LogP contribution < -0.4 is 15.4 Å². The number of nitrogens with zero attached hydrogens (tertiary/aromatic N) is 2. The van der Waals surface area contributed by atoms with Crippen molar-refractivity contribution in [2.75, 3.05) is 10.6 Å². The molecule has 0 saturated heterocycles. The summed E-state index contributed by atoms with van der Waals surface area (Å²) < 4.78 is 43.9. The number of para-hydroxylation sites is 2. The minimum atomic E-state index is -4.84. The van der Waals surface area contributed by atoms with Gasteiger partial charge in [0.15, 0.2) is 5.75 Å². The minimum Gasteiger partial charge on any atom is -0.404 e. The van der Waals surface area contributed by atoms with Gasteiger partial charge in [0, 0.05) is 11.5 Å². The van der Waals surface area contributed by atoms with Crippen molar-refractivity contribution >= 4 is 28.3 Å². The van der Waals surface area contributed by atoms with Crippen LogP contribution in [0.15, 0.2) is 30.5 Å². The molecule has 1 aromatic heterocycles. The zero-order chi connectivity index (χ0) is 14.6. The maximum absolute atomic E-state index is 12.2. The van der Waals surface area contributed by atoms with Crippen LogP contribution in [0.3, 0.4) is 0 Å². The highest BCUT2D eigenvalue weighted by atomic mass is 32.1. The van der Waals surface area contributed by atoms with Crippen LogP contribution in [0.5, 0.6) is 5.75 Å². The van der Waals surface area contributed by atoms with Crippen LogP contribution >= 0.6 is 11.5 Å². The van der Waals surface area contributed by atoms with Crippen LogP contribution in [-0.4, -0.2) is 22.0 Å². The van der Waals surface area contributed by atoms with Crippen molar-refractivity contribution in [2.45, 2.75) is 6.36 Å². The van der Waals surface area contributed by atoms with Crippen LogP contribution in [-0.2, 0) is 0 Å². The van der Waals surface area contributed by atoms with E-state index in [1.807, 2.05) is 0 Å². The van der Waals surface area contributed by atoms with Gasteiger partial charge in [0.2, 0.25) is 0 Å². The molecule has 10 heteroatoms. The fourth-order valence-electron chi connectivity index (χ4n) is 1.27. The van der Waals surface area contributed by atoms with E-state index in [1.165, 1.54) is 24.4 Å². The summed E-state index contributed by atoms with van der Waals surface area (Å²) in [6.45, 7) is 0. The van der Waals surface area contributed by atoms with Crippen LogP contribution in [0.2, 0.25) is 0 Å². The molecule has 106 valence electrons. The number of benzene rings is 1. The average molecular weight is 304 g/mol. The highest BCUT2D eigenvalue weighted by Gasteiger charge is 2.32. The topological polar surface area (TPSA) is 76.1 Å². The number of alkyl halides is 3. The Morgan fingerprint density at radius 3 is 2.65 bits per heavy atom. The number of nitrogens with one attached hydrogen (secondary N) is 2. The van der Waals surface area contributed by atoms with Crippen LogP contribution in [0.1, 0.15) is 0 Å². The van der Waals surface area contributed by atoms with E-state index in [0.29, 0.717) is 5.00 Å². The Morgan fingerprint density at radius 2 is 2.00 bits per heavy atom. The summed E-state index contributed by atoms with van der Waals surface area (Å²) in [4.78, 5) is 11.6. The van der Waals surface area contributed by atoms with Crippen molar-refractivity contribution in [1.29, 1.82) is 0 Å². The summed E-state index contributed by atoms with van der Waals surface area (Å²) in [5.41, 5.74) is -0.111. The van der Waals surface area contributed by atoms with E-state index in [4.69, 9.17) is 0 Å². The maximum atomic E-state index is 12.2. The average Bonchev–Trinajstić information content (AvgIpc) is 2.82. The molecule has 0 fully saturated rings. The van der Waals surface area contributed by atoms with E-state index in [2.05, 4.69) is 25.0 Å². The summed E-state index contributed by atoms with van der Waals surface area (Å²) in [7, 11) is 0. The predicted octanol–water partition coefficient (Wildman–Crippen LogP) is 3.08. The highest BCUT2D eigenvalue weighted by Crippen LogP contribution is 2.29. The molecule has 2 amide bonds. The van der Waals surface area contributed by atoms with E-state index < -0.39 is 18.1 Å². The third-order valence-electron chi connectivity index (χ3n) is 1.96. The van der Waals surface area contributed by atoms with Crippen molar-refractivity contribution in [2.24, 2.45) is 0 Å². The first-order valence-electron chi connectivity index (χ1n) is 5.14. The lowest BCUT2D eigenvalue weighted by atomic mass is 10.3. The third kappa shape index (κ3) is 4.09. The molecule has 0 unspecified atom stereocenters. The Bertz CT molecular complexity index is 588. The Kier molecular flexibility index (Phi) is 4.03. The van der Waals surface area contributed by atoms with Crippen LogP contribution in [0.4, 0.5) is 28.7 Å². The summed E-state index contributed by atoms with van der Waals surface area (Å²) in [5, 5.41) is 8.47. The number of urea groups is 1. The number of aromatic nitrogens is 2. The van der Waals surface area contributed by atoms with Gasteiger partial charge in [-0.3, -0.25) is 5.32 Å². The van der Waals surface area contributed by atoms with Gasteiger partial charge in [-0.1, -0.05) is 16.6 Å². The first-order valence-corrected chi connectivity index (χ1v) is 5.91. The number of amides is 2. The Labute approximate surface area is 114 Å². The molecule has 1 aromatic carbocycles. The molecule has 0 radical (unpaired) electrons. The van der Waals surface area contributed by atoms with Crippen molar-refractivity contribution < 1.29 is 22.7 Å². The number of ether oxygens (including phenoxy) is 1. The standard InChI is InChI=1S/C10H7F3N4O2S/c11-10(12,13)19-7-4-2-1-3-6(7)15-9(18)16-8-5-14-17-20-8/h1-5H,(H2,15,16,18). The van der Waals surface area contributed by atoms with Crippen molar-refractivity contribution in [1.82, 2.24) is 9.59 Å². The number of halogens is 3. The predicted molar refractivity (Wildman–Crippen MR) is 65.7 cm³/mol. The Balaban J connectivity index is 2.07. The van der Waals surface area contributed by atoms with E-state index in [-0.39, 0.29) is 5.69 Å². The largest absolute Gasteiger partial charge is 0.573 e. The van der Waals surface area contributed by atoms with Gasteiger partial charge in [-0.2, -0.15) is 0 Å². The van der Waals surface area contributed by atoms with Gasteiger partial charge in [-0.05, 0) is 12.1 Å². The number of hydrogen-bond acceptors (Lipinski definition) is 5. The summed E-state index contributed by atoms with van der Waals surface area (Å²) in [6.07, 6.45) is -3.53. The third-order valence-corrected chi connectivity index (χ3v) is 2.54. The lowest BCUT2D eigenvalue weighted by Gasteiger charge is -2.13. The molecular formula is C10H7F3N4O2S. The van der Waals surface area contributed by atoms with E-state index in [9.17, 15) is 18.0 Å². The number of carbonyl (C=O) groups is 1. The molecular weight excluding hydrogens is 297 g/mol. The molecule has 0 atom stereocenters. The summed E-state index contributed by atoms with van der Waals surface area (Å²) in [5.74, 6) is -0.502. The van der Waals surface area contributed by atoms with E-state index in [0.717, 1.165) is 17.6 Å². The molecule has 0 aliphatic carbocycles. The second kappa shape index (κ2) is 5.74. The van der Waals surface area contributed by atoms with Gasteiger partial charge < -0.3 is 10.1 Å². The Morgan fingerprint density at radius 1 is 1.25 bits per heavy atom. The first kappa shape index (κ1) is 14.1. The zero-order valence-corrected chi connectivity index (χ0v) is 10.5. The SMILES string of the molecule is O=C(Nc1cnns1)Nc1ccccc1OC(F)(F)F. The molecule has 20 heavy (non-hydrogen) atoms. The van der Waals surface area contributed by atoms with Crippen molar-refractivity contribution in [3.05, 3.63) is 30.5 Å². The van der Waals surface area contributed by atoms with Crippen molar-refractivity contribution in [3.63, 3.8) is 0 Å². The van der Waals surface area contributed by atoms with Gasteiger partial charge in [0.1, 0.15) is 5.00 Å². The molecule has 6 nitrogen and oxygen atoms in total. The number of carbonyl (C=O) groups excluding carboxylic acids is 1. The summed E-state index contributed by atoms with van der Waals surface area (Å²) in [6, 6.07) is 4.47. The van der Waals surface area contributed by atoms with Gasteiger partial charge in [0.25, 0.3) is 0 Å². The molecule has 2 rings (SSSR count). The van der Waals surface area contributed by atoms with Crippen LogP contribution in [0.25, 0.3) is 0 Å². The molecule has 2 N–H and O–H groups in total. The van der Waals surface area contributed by atoms with Crippen LogP contribution in [0, 0.1) is 0 Å². The van der Waals surface area contributed by atoms with Gasteiger partial charge in [-0.25, -0.2) is 4.79 Å². The summed E-state index contributed by atoms with van der Waals surface area (Å²) >= 11 is 0.932. The molecule has 2 aromatic rings. The normalized spacial score (nSPS) is 10.9. The quantitative estimate of drug-likeness (QED) is 0.913. The minimum absolute atomic E-state index is 0.111. The lowest BCUT2D eigenvalue weighted by Crippen LogP contribution is -2.22. The van der Waals surface area contributed by atoms with Crippen molar-refractivity contribution in [3.8, 4) is 5.75 Å². The van der Waals surface area contributed by atoms with E-state index in [1.54, 1.807) is 0 Å². The smallest absolute Gasteiger partial charge is 0.404 e. The second-order valence-electron chi connectivity index (χ2n) is 3.40. The first-order chi connectivity index (χ1) is 9.44. The fraction of sp³-hybridized carbons (Fsp3) is 0.100. The molecule has 0 aliphatic rings. The highest BCUT2D eigenvalue weighted by molar-refractivity contribution is 7.10. The molecule has 0 aliphatic heterocycles. The molecule has 0 bridgehead atoms. The van der Waals surface area contributed by atoms with E-state index >= 15 is 0 Å². The number of anilines is 2. The van der Waals surface area contributed by atoms with Gasteiger partial charge >= 0.3 is 12.4 Å². The zero-order valence-electron chi connectivity index (χ0n) is 9.64. The molecule has 1 heterocycles.